The van der Waals surface area contributed by atoms with E-state index in [4.69, 9.17) is 4.74 Å². The maximum Gasteiger partial charge on any atom is 0.312 e. The van der Waals surface area contributed by atoms with E-state index in [9.17, 15) is 4.79 Å². The minimum absolute atomic E-state index is 0.138. The highest BCUT2D eigenvalue weighted by Gasteiger charge is 2.11. The zero-order valence-corrected chi connectivity index (χ0v) is 12.7. The van der Waals surface area contributed by atoms with Crippen molar-refractivity contribution in [3.8, 4) is 0 Å². The fourth-order valence-electron chi connectivity index (χ4n) is 1.58. The van der Waals surface area contributed by atoms with Gasteiger partial charge >= 0.3 is 5.97 Å². The summed E-state index contributed by atoms with van der Waals surface area (Å²) in [5.74, 6) is -0.325. The molecular formula is C16H22O2S. The van der Waals surface area contributed by atoms with Crippen molar-refractivity contribution in [1.29, 1.82) is 0 Å². The summed E-state index contributed by atoms with van der Waals surface area (Å²) >= 11 is 1.67. The first kappa shape index (κ1) is 15.8. The van der Waals surface area contributed by atoms with Crippen LogP contribution in [0.3, 0.4) is 0 Å². The number of rotatable bonds is 7. The van der Waals surface area contributed by atoms with Crippen LogP contribution in [0.1, 0.15) is 33.6 Å². The monoisotopic (exact) mass is 278 g/mol. The summed E-state index contributed by atoms with van der Waals surface area (Å²) in [7, 11) is 0. The first-order valence-electron chi connectivity index (χ1n) is 6.71. The Morgan fingerprint density at radius 2 is 2.05 bits per heavy atom. The maximum atomic E-state index is 11.7. The number of hydrogen-bond donors (Lipinski definition) is 0. The van der Waals surface area contributed by atoms with Crippen molar-refractivity contribution in [2.24, 2.45) is 5.92 Å². The molecule has 19 heavy (non-hydrogen) atoms. The highest BCUT2D eigenvalue weighted by Crippen LogP contribution is 2.26. The molecule has 0 amide bonds. The van der Waals surface area contributed by atoms with Gasteiger partial charge in [-0.2, -0.15) is 0 Å². The van der Waals surface area contributed by atoms with Crippen molar-refractivity contribution < 1.29 is 9.53 Å². The van der Waals surface area contributed by atoms with Crippen LogP contribution in [-0.2, 0) is 9.53 Å². The van der Waals surface area contributed by atoms with Crippen LogP contribution in [0.4, 0.5) is 0 Å². The Morgan fingerprint density at radius 1 is 1.37 bits per heavy atom. The quantitative estimate of drug-likeness (QED) is 0.412. The van der Waals surface area contributed by atoms with Gasteiger partial charge in [-0.05, 0) is 37.3 Å². The molecule has 0 heterocycles. The predicted molar refractivity (Wildman–Crippen MR) is 81.1 cm³/mol. The van der Waals surface area contributed by atoms with Gasteiger partial charge in [0.1, 0.15) is 0 Å². The average molecular weight is 278 g/mol. The number of benzene rings is 1. The highest BCUT2D eigenvalue weighted by atomic mass is 32.2. The average Bonchev–Trinajstić information content (AvgIpc) is 2.39. The van der Waals surface area contributed by atoms with Gasteiger partial charge in [0.15, 0.2) is 0 Å². The van der Waals surface area contributed by atoms with E-state index in [0.717, 1.165) is 17.7 Å². The molecule has 2 nitrogen and oxygen atoms in total. The predicted octanol–water partition coefficient (Wildman–Crippen LogP) is 4.66. The summed E-state index contributed by atoms with van der Waals surface area (Å²) in [6, 6.07) is 10.1. The van der Waals surface area contributed by atoms with Gasteiger partial charge in [-0.3, -0.25) is 4.79 Å². The van der Waals surface area contributed by atoms with E-state index in [2.05, 4.69) is 19.1 Å². The first-order valence-corrected chi connectivity index (χ1v) is 7.53. The van der Waals surface area contributed by atoms with Crippen LogP contribution >= 0.6 is 11.8 Å². The molecule has 1 aromatic carbocycles. The Bertz CT molecular complexity index is 412. The fourth-order valence-corrected chi connectivity index (χ4v) is 2.51. The molecule has 1 atom stereocenters. The number of thioether (sulfide) groups is 1. The highest BCUT2D eigenvalue weighted by molar-refractivity contribution is 8.03. The third-order valence-electron chi connectivity index (χ3n) is 2.62. The van der Waals surface area contributed by atoms with Crippen molar-refractivity contribution >= 4 is 17.7 Å². The SMILES string of the molecule is CCCCOC(=O)C(C)C=C(C)Sc1ccccc1. The molecule has 3 heteroatoms. The summed E-state index contributed by atoms with van der Waals surface area (Å²) < 4.78 is 5.20. The van der Waals surface area contributed by atoms with E-state index in [-0.39, 0.29) is 11.9 Å². The third kappa shape index (κ3) is 6.48. The zero-order valence-electron chi connectivity index (χ0n) is 11.9. The minimum atomic E-state index is -0.187. The lowest BCUT2D eigenvalue weighted by atomic mass is 10.2. The second kappa shape index (κ2) is 8.81. The van der Waals surface area contributed by atoms with Crippen LogP contribution in [0.25, 0.3) is 0 Å². The van der Waals surface area contributed by atoms with E-state index in [1.807, 2.05) is 38.1 Å². The number of ether oxygens (including phenoxy) is 1. The van der Waals surface area contributed by atoms with Crippen molar-refractivity contribution in [3.05, 3.63) is 41.3 Å². The number of hydrogen-bond acceptors (Lipinski definition) is 3. The van der Waals surface area contributed by atoms with Gasteiger partial charge in [-0.1, -0.05) is 49.4 Å². The van der Waals surface area contributed by atoms with Gasteiger partial charge in [0.05, 0.1) is 12.5 Å². The summed E-state index contributed by atoms with van der Waals surface area (Å²) in [5, 5.41) is 0. The lowest BCUT2D eigenvalue weighted by Crippen LogP contribution is -2.13. The Kier molecular flexibility index (Phi) is 7.34. The van der Waals surface area contributed by atoms with Crippen LogP contribution in [-0.4, -0.2) is 12.6 Å². The standard InChI is InChI=1S/C16H22O2S/c1-4-5-11-18-16(17)13(2)12-14(3)19-15-9-7-6-8-10-15/h6-10,12-13H,4-5,11H2,1-3H3. The molecule has 0 radical (unpaired) electrons. The molecule has 0 bridgehead atoms. The molecule has 1 rings (SSSR count). The number of esters is 1. The molecule has 0 spiro atoms. The molecule has 0 aliphatic heterocycles. The Morgan fingerprint density at radius 3 is 2.68 bits per heavy atom. The zero-order chi connectivity index (χ0) is 14.1. The number of carbonyl (C=O) groups excluding carboxylic acids is 1. The molecule has 0 aliphatic rings. The fraction of sp³-hybridized carbons (Fsp3) is 0.438. The van der Waals surface area contributed by atoms with E-state index in [1.54, 1.807) is 11.8 Å². The van der Waals surface area contributed by atoms with Crippen LogP contribution in [0.2, 0.25) is 0 Å². The molecule has 0 N–H and O–H groups in total. The Hall–Kier alpha value is -1.22. The first-order chi connectivity index (χ1) is 9.13. The molecule has 0 aliphatic carbocycles. The molecule has 104 valence electrons. The lowest BCUT2D eigenvalue weighted by Gasteiger charge is -2.09. The molecule has 0 saturated carbocycles. The molecule has 0 saturated heterocycles. The molecule has 1 aromatic rings. The third-order valence-corrected chi connectivity index (χ3v) is 3.59. The largest absolute Gasteiger partial charge is 0.465 e. The Balaban J connectivity index is 2.46. The number of unbranched alkanes of at least 4 members (excludes halogenated alkanes) is 1. The number of allylic oxidation sites excluding steroid dienone is 1. The lowest BCUT2D eigenvalue weighted by molar-refractivity contribution is -0.146. The number of carbonyl (C=O) groups is 1. The van der Waals surface area contributed by atoms with Gasteiger partial charge in [0.25, 0.3) is 0 Å². The molecule has 0 aromatic heterocycles. The topological polar surface area (TPSA) is 26.3 Å². The van der Waals surface area contributed by atoms with Gasteiger partial charge in [-0.25, -0.2) is 0 Å². The maximum absolute atomic E-state index is 11.7. The van der Waals surface area contributed by atoms with Crippen LogP contribution in [0, 0.1) is 5.92 Å². The summed E-state index contributed by atoms with van der Waals surface area (Å²) in [6.07, 6.45) is 3.94. The van der Waals surface area contributed by atoms with Crippen LogP contribution < -0.4 is 0 Å². The van der Waals surface area contributed by atoms with Crippen molar-refractivity contribution in [3.63, 3.8) is 0 Å². The van der Waals surface area contributed by atoms with Gasteiger partial charge in [0.2, 0.25) is 0 Å². The van der Waals surface area contributed by atoms with Gasteiger partial charge in [0, 0.05) is 4.90 Å². The smallest absolute Gasteiger partial charge is 0.312 e. The van der Waals surface area contributed by atoms with E-state index < -0.39 is 0 Å². The van der Waals surface area contributed by atoms with Crippen LogP contribution in [0.5, 0.6) is 0 Å². The van der Waals surface area contributed by atoms with Gasteiger partial charge in [-0.15, -0.1) is 0 Å². The van der Waals surface area contributed by atoms with Crippen molar-refractivity contribution in [1.82, 2.24) is 0 Å². The molecule has 1 unspecified atom stereocenters. The van der Waals surface area contributed by atoms with E-state index in [0.29, 0.717) is 6.61 Å². The van der Waals surface area contributed by atoms with Crippen LogP contribution in [0.15, 0.2) is 46.2 Å². The van der Waals surface area contributed by atoms with E-state index in [1.165, 1.54) is 4.90 Å². The van der Waals surface area contributed by atoms with Crippen molar-refractivity contribution in [2.75, 3.05) is 6.61 Å². The molecular weight excluding hydrogens is 256 g/mol. The second-order valence-corrected chi connectivity index (χ2v) is 5.82. The summed E-state index contributed by atoms with van der Waals surface area (Å²) in [5.41, 5.74) is 0. The second-order valence-electron chi connectivity index (χ2n) is 4.50. The Labute approximate surface area is 120 Å². The molecule has 0 fully saturated rings. The van der Waals surface area contributed by atoms with Gasteiger partial charge < -0.3 is 4.74 Å². The van der Waals surface area contributed by atoms with E-state index >= 15 is 0 Å². The normalized spacial score (nSPS) is 13.1. The summed E-state index contributed by atoms with van der Waals surface area (Å²) in [6.45, 7) is 6.51. The summed E-state index contributed by atoms with van der Waals surface area (Å²) in [4.78, 5) is 14.0. The van der Waals surface area contributed by atoms with Crippen molar-refractivity contribution in [2.45, 2.75) is 38.5 Å². The minimum Gasteiger partial charge on any atom is -0.465 e.